The number of rotatable bonds is 8. The van der Waals surface area contributed by atoms with Gasteiger partial charge in [0.2, 0.25) is 0 Å². The summed E-state index contributed by atoms with van der Waals surface area (Å²) in [6.45, 7) is 8.11. The van der Waals surface area contributed by atoms with Gasteiger partial charge in [0.1, 0.15) is 24.7 Å². The van der Waals surface area contributed by atoms with Crippen LogP contribution in [0.5, 0.6) is 11.5 Å². The highest BCUT2D eigenvalue weighted by molar-refractivity contribution is 5.85. The third kappa shape index (κ3) is 5.15. The lowest BCUT2D eigenvalue weighted by molar-refractivity contribution is 0.117. The Balaban J connectivity index is 0.00000243. The van der Waals surface area contributed by atoms with Crippen molar-refractivity contribution in [3.63, 3.8) is 0 Å². The third-order valence-electron chi connectivity index (χ3n) is 4.74. The molecule has 0 fully saturated rings. The largest absolute Gasteiger partial charge is 0.492 e. The second-order valence-electron chi connectivity index (χ2n) is 6.71. The molecule has 142 valence electrons. The molecule has 0 amide bonds. The summed E-state index contributed by atoms with van der Waals surface area (Å²) in [6.07, 6.45) is 3.35. The van der Waals surface area contributed by atoms with Crippen molar-refractivity contribution in [2.75, 3.05) is 19.7 Å². The van der Waals surface area contributed by atoms with Crippen LogP contribution in [0, 0.1) is 0 Å². The van der Waals surface area contributed by atoms with E-state index in [4.69, 9.17) is 9.47 Å². The second-order valence-corrected chi connectivity index (χ2v) is 6.71. The van der Waals surface area contributed by atoms with Crippen LogP contribution in [0.15, 0.2) is 48.5 Å². The van der Waals surface area contributed by atoms with Crippen LogP contribution < -0.4 is 9.47 Å². The summed E-state index contributed by atoms with van der Waals surface area (Å²) in [5.74, 6) is 1.94. The lowest BCUT2D eigenvalue weighted by Gasteiger charge is -2.35. The van der Waals surface area contributed by atoms with E-state index in [2.05, 4.69) is 43.0 Å². The van der Waals surface area contributed by atoms with Gasteiger partial charge in [-0.1, -0.05) is 50.2 Å². The van der Waals surface area contributed by atoms with Gasteiger partial charge in [-0.2, -0.15) is 0 Å². The van der Waals surface area contributed by atoms with E-state index in [9.17, 15) is 0 Å². The Bertz CT molecular complexity index is 656. The Labute approximate surface area is 163 Å². The second kappa shape index (κ2) is 10.4. The third-order valence-corrected chi connectivity index (χ3v) is 4.74. The first kappa shape index (κ1) is 20.6. The molecule has 1 heterocycles. The SMILES string of the molecule is CCCN(CCC)C1COc2cccc(OCc3ccccc3)c2C1.Cl. The van der Waals surface area contributed by atoms with Gasteiger partial charge in [-0.3, -0.25) is 4.90 Å². The molecule has 0 aliphatic carbocycles. The molecule has 0 radical (unpaired) electrons. The summed E-state index contributed by atoms with van der Waals surface area (Å²) < 4.78 is 12.2. The zero-order valence-corrected chi connectivity index (χ0v) is 16.6. The van der Waals surface area contributed by atoms with Crippen LogP contribution in [0.3, 0.4) is 0 Å². The van der Waals surface area contributed by atoms with E-state index in [1.807, 2.05) is 24.3 Å². The maximum atomic E-state index is 6.14. The minimum absolute atomic E-state index is 0. The van der Waals surface area contributed by atoms with Crippen molar-refractivity contribution in [2.45, 2.75) is 45.8 Å². The monoisotopic (exact) mass is 375 g/mol. The minimum atomic E-state index is 0. The standard InChI is InChI=1S/C22H29NO2.ClH/c1-3-13-23(14-4-2)19-15-20-21(11-8-12-22(20)25-17-19)24-16-18-9-6-5-7-10-18;/h5-12,19H,3-4,13-17H2,1-2H3;1H. The topological polar surface area (TPSA) is 21.7 Å². The highest BCUT2D eigenvalue weighted by Crippen LogP contribution is 2.34. The van der Waals surface area contributed by atoms with Crippen LogP contribution in [0.25, 0.3) is 0 Å². The first-order valence-electron chi connectivity index (χ1n) is 9.47. The molecular weight excluding hydrogens is 346 g/mol. The number of halogens is 1. The highest BCUT2D eigenvalue weighted by atomic mass is 35.5. The average Bonchev–Trinajstić information content (AvgIpc) is 2.66. The van der Waals surface area contributed by atoms with Crippen molar-refractivity contribution in [3.05, 3.63) is 59.7 Å². The summed E-state index contributed by atoms with van der Waals surface area (Å²) >= 11 is 0. The molecule has 2 aromatic carbocycles. The Morgan fingerprint density at radius 1 is 1.00 bits per heavy atom. The van der Waals surface area contributed by atoms with Crippen LogP contribution in [0.1, 0.15) is 37.8 Å². The van der Waals surface area contributed by atoms with E-state index in [0.29, 0.717) is 12.6 Å². The summed E-state index contributed by atoms with van der Waals surface area (Å²) in [7, 11) is 0. The fourth-order valence-corrected chi connectivity index (χ4v) is 3.52. The number of hydrogen-bond donors (Lipinski definition) is 0. The van der Waals surface area contributed by atoms with Crippen molar-refractivity contribution < 1.29 is 9.47 Å². The molecule has 0 N–H and O–H groups in total. The molecule has 0 spiro atoms. The normalized spacial score (nSPS) is 15.7. The van der Waals surface area contributed by atoms with Crippen molar-refractivity contribution >= 4 is 12.4 Å². The molecule has 2 aromatic rings. The maximum Gasteiger partial charge on any atom is 0.126 e. The first-order valence-corrected chi connectivity index (χ1v) is 9.47. The summed E-state index contributed by atoms with van der Waals surface area (Å²) in [4.78, 5) is 2.57. The predicted molar refractivity (Wildman–Crippen MR) is 110 cm³/mol. The maximum absolute atomic E-state index is 6.14. The molecule has 1 aliphatic rings. The van der Waals surface area contributed by atoms with Gasteiger partial charge < -0.3 is 9.47 Å². The molecule has 0 saturated carbocycles. The van der Waals surface area contributed by atoms with Gasteiger partial charge in [0.25, 0.3) is 0 Å². The van der Waals surface area contributed by atoms with Crippen molar-refractivity contribution in [1.29, 1.82) is 0 Å². The summed E-state index contributed by atoms with van der Waals surface area (Å²) in [5.41, 5.74) is 2.40. The van der Waals surface area contributed by atoms with Gasteiger partial charge in [-0.05, 0) is 50.0 Å². The van der Waals surface area contributed by atoms with Gasteiger partial charge in [-0.15, -0.1) is 12.4 Å². The van der Waals surface area contributed by atoms with Crippen LogP contribution in [0.4, 0.5) is 0 Å². The van der Waals surface area contributed by atoms with Crippen LogP contribution in [-0.2, 0) is 13.0 Å². The molecular formula is C22H30ClNO2. The summed E-state index contributed by atoms with van der Waals surface area (Å²) in [5, 5.41) is 0. The molecule has 26 heavy (non-hydrogen) atoms. The van der Waals surface area contributed by atoms with Gasteiger partial charge in [0.05, 0.1) is 0 Å². The number of benzene rings is 2. The van der Waals surface area contributed by atoms with E-state index >= 15 is 0 Å². The fraction of sp³-hybridized carbons (Fsp3) is 0.455. The quantitative estimate of drug-likeness (QED) is 0.639. The number of nitrogens with zero attached hydrogens (tertiary/aromatic N) is 1. The summed E-state index contributed by atoms with van der Waals surface area (Å²) in [6, 6.07) is 16.9. The van der Waals surface area contributed by atoms with Crippen molar-refractivity contribution in [2.24, 2.45) is 0 Å². The Hall–Kier alpha value is -1.71. The minimum Gasteiger partial charge on any atom is -0.492 e. The molecule has 0 saturated heterocycles. The molecule has 1 unspecified atom stereocenters. The van der Waals surface area contributed by atoms with Crippen LogP contribution in [-0.4, -0.2) is 30.6 Å². The molecule has 1 aliphatic heterocycles. The van der Waals surface area contributed by atoms with E-state index in [0.717, 1.165) is 37.6 Å². The van der Waals surface area contributed by atoms with Gasteiger partial charge in [0, 0.05) is 11.6 Å². The lowest BCUT2D eigenvalue weighted by atomic mass is 10.00. The van der Waals surface area contributed by atoms with Crippen LogP contribution >= 0.6 is 12.4 Å². The Kier molecular flexibility index (Phi) is 8.27. The zero-order valence-electron chi connectivity index (χ0n) is 15.8. The van der Waals surface area contributed by atoms with Crippen molar-refractivity contribution in [1.82, 2.24) is 4.90 Å². The Morgan fingerprint density at radius 3 is 2.42 bits per heavy atom. The van der Waals surface area contributed by atoms with Gasteiger partial charge in [0.15, 0.2) is 0 Å². The molecule has 1 atom stereocenters. The smallest absolute Gasteiger partial charge is 0.126 e. The molecule has 0 aromatic heterocycles. The average molecular weight is 376 g/mol. The van der Waals surface area contributed by atoms with E-state index in [1.165, 1.54) is 24.0 Å². The predicted octanol–water partition coefficient (Wildman–Crippen LogP) is 5.11. The number of ether oxygens (including phenoxy) is 2. The molecule has 3 nitrogen and oxygen atoms in total. The highest BCUT2D eigenvalue weighted by Gasteiger charge is 2.27. The molecule has 0 bridgehead atoms. The first-order chi connectivity index (χ1) is 12.3. The van der Waals surface area contributed by atoms with Gasteiger partial charge in [-0.25, -0.2) is 0 Å². The molecule has 3 rings (SSSR count). The Morgan fingerprint density at radius 2 is 1.73 bits per heavy atom. The number of fused-ring (bicyclic) bond motifs is 1. The van der Waals surface area contributed by atoms with E-state index in [1.54, 1.807) is 0 Å². The van der Waals surface area contributed by atoms with Crippen molar-refractivity contribution in [3.8, 4) is 11.5 Å². The van der Waals surface area contributed by atoms with Gasteiger partial charge >= 0.3 is 0 Å². The fourth-order valence-electron chi connectivity index (χ4n) is 3.52. The van der Waals surface area contributed by atoms with E-state index < -0.39 is 0 Å². The number of hydrogen-bond acceptors (Lipinski definition) is 3. The van der Waals surface area contributed by atoms with Crippen LogP contribution in [0.2, 0.25) is 0 Å². The lowest BCUT2D eigenvalue weighted by Crippen LogP contribution is -2.44. The zero-order chi connectivity index (χ0) is 17.5. The van der Waals surface area contributed by atoms with E-state index in [-0.39, 0.29) is 12.4 Å². The molecule has 4 heteroatoms.